The van der Waals surface area contributed by atoms with Crippen molar-refractivity contribution in [3.05, 3.63) is 60.9 Å². The molecular formula is C30H34FN7O3. The first-order valence-corrected chi connectivity index (χ1v) is 13.8. The zero-order valence-electron chi connectivity index (χ0n) is 23.4. The maximum absolute atomic E-state index is 15.8. The van der Waals surface area contributed by atoms with Crippen molar-refractivity contribution in [3.63, 3.8) is 0 Å². The lowest BCUT2D eigenvalue weighted by Gasteiger charge is -2.48. The lowest BCUT2D eigenvalue weighted by atomic mass is 9.98. The molecule has 2 aromatic heterocycles. The fourth-order valence-corrected chi connectivity index (χ4v) is 5.42. The van der Waals surface area contributed by atoms with Gasteiger partial charge in [-0.25, -0.2) is 23.8 Å². The summed E-state index contributed by atoms with van der Waals surface area (Å²) in [6.07, 6.45) is 0.438. The predicted octanol–water partition coefficient (Wildman–Crippen LogP) is 5.07. The summed E-state index contributed by atoms with van der Waals surface area (Å²) >= 11 is 0. The first-order chi connectivity index (χ1) is 19.7. The van der Waals surface area contributed by atoms with E-state index in [0.29, 0.717) is 54.3 Å². The summed E-state index contributed by atoms with van der Waals surface area (Å²) in [5, 5.41) is 5.45. The molecule has 10 nitrogen and oxygen atoms in total. The van der Waals surface area contributed by atoms with Crippen molar-refractivity contribution in [2.24, 2.45) is 0 Å². The molecule has 214 valence electrons. The van der Waals surface area contributed by atoms with Crippen LogP contribution in [0.25, 0.3) is 22.3 Å². The van der Waals surface area contributed by atoms with Crippen LogP contribution in [0.4, 0.5) is 15.0 Å². The molecule has 2 N–H and O–H groups in total. The summed E-state index contributed by atoms with van der Waals surface area (Å²) in [5.41, 5.74) is 7.67. The molecule has 2 fully saturated rings. The Kier molecular flexibility index (Phi) is 6.98. The Morgan fingerprint density at radius 3 is 2.39 bits per heavy atom. The zero-order valence-corrected chi connectivity index (χ0v) is 23.4. The number of halogens is 1. The number of nitrogens with zero attached hydrogens (tertiary/aromatic N) is 6. The van der Waals surface area contributed by atoms with Crippen LogP contribution in [-0.2, 0) is 4.74 Å². The molecule has 1 amide bonds. The fraction of sp³-hybridized carbons (Fsp3) is 0.400. The van der Waals surface area contributed by atoms with Crippen molar-refractivity contribution in [1.82, 2.24) is 29.5 Å². The van der Waals surface area contributed by atoms with Crippen LogP contribution in [0, 0.1) is 0 Å². The number of rotatable bonds is 5. The Morgan fingerprint density at radius 2 is 1.71 bits per heavy atom. The largest absolute Gasteiger partial charge is 0.457 e. The molecule has 4 heterocycles. The number of alkyl halides is 1. The van der Waals surface area contributed by atoms with Crippen molar-refractivity contribution in [1.29, 1.82) is 0 Å². The predicted molar refractivity (Wildman–Crippen MR) is 153 cm³/mol. The van der Waals surface area contributed by atoms with Crippen LogP contribution in [0.15, 0.2) is 60.9 Å². The number of ether oxygens (including phenoxy) is 2. The van der Waals surface area contributed by atoms with E-state index in [4.69, 9.17) is 20.3 Å². The third-order valence-electron chi connectivity index (χ3n) is 7.51. The number of nitrogens with two attached hydrogens (primary N) is 1. The Hall–Kier alpha value is -4.25. The van der Waals surface area contributed by atoms with Gasteiger partial charge in [-0.3, -0.25) is 4.90 Å². The van der Waals surface area contributed by atoms with Crippen molar-refractivity contribution in [2.75, 3.05) is 31.9 Å². The Balaban J connectivity index is 1.18. The lowest BCUT2D eigenvalue weighted by Crippen LogP contribution is -2.64. The summed E-state index contributed by atoms with van der Waals surface area (Å²) in [4.78, 5) is 24.7. The van der Waals surface area contributed by atoms with Crippen molar-refractivity contribution >= 4 is 22.9 Å². The van der Waals surface area contributed by atoms with Crippen LogP contribution in [0.5, 0.6) is 11.5 Å². The number of amides is 1. The third-order valence-corrected chi connectivity index (χ3v) is 7.51. The number of hydrogen-bond donors (Lipinski definition) is 1. The number of anilines is 1. The highest BCUT2D eigenvalue weighted by atomic mass is 19.1. The normalized spacial score (nSPS) is 20.1. The van der Waals surface area contributed by atoms with Gasteiger partial charge in [0.1, 0.15) is 41.1 Å². The number of likely N-dealkylation sites (tertiary alicyclic amines) is 2. The van der Waals surface area contributed by atoms with E-state index in [0.717, 1.165) is 11.3 Å². The average molecular weight is 560 g/mol. The molecule has 11 heteroatoms. The second kappa shape index (κ2) is 10.6. The standard InChI is InChI=1S/C30H34FN7O3/c1-30(2,3)41-29(39)37-15-20(16-37)36-14-13-24(23(31)17-36)38-28-25(27(32)33-18-34-28)26(35-38)19-9-11-22(12-10-19)40-21-7-5-4-6-8-21/h4-12,18,20,23-24H,13-17H2,1-3H3,(H2,32,33,34)/t23-,24+/m0/s1. The van der Waals surface area contributed by atoms with Gasteiger partial charge in [-0.1, -0.05) is 18.2 Å². The van der Waals surface area contributed by atoms with E-state index in [9.17, 15) is 4.79 Å². The highest BCUT2D eigenvalue weighted by molar-refractivity contribution is 5.98. The summed E-state index contributed by atoms with van der Waals surface area (Å²) in [7, 11) is 0. The molecule has 4 aromatic rings. The SMILES string of the molecule is CC(C)(C)OC(=O)N1CC(N2CC[C@@H](n3nc(-c4ccc(Oc5ccccc5)cc4)c4c(N)ncnc43)[C@@H](F)C2)C1. The first-order valence-electron chi connectivity index (χ1n) is 13.8. The summed E-state index contributed by atoms with van der Waals surface area (Å²) in [5.74, 6) is 1.73. The number of benzene rings is 2. The summed E-state index contributed by atoms with van der Waals surface area (Å²) < 4.78 is 28.8. The molecule has 2 aromatic carbocycles. The number of aromatic nitrogens is 4. The molecule has 2 saturated heterocycles. The van der Waals surface area contributed by atoms with Gasteiger partial charge in [0.2, 0.25) is 0 Å². The Labute approximate surface area is 237 Å². The highest BCUT2D eigenvalue weighted by Gasteiger charge is 2.42. The Morgan fingerprint density at radius 1 is 1.00 bits per heavy atom. The van der Waals surface area contributed by atoms with E-state index in [2.05, 4.69) is 14.9 Å². The van der Waals surface area contributed by atoms with E-state index in [1.54, 1.807) is 9.58 Å². The van der Waals surface area contributed by atoms with Crippen LogP contribution in [0.3, 0.4) is 0 Å². The van der Waals surface area contributed by atoms with Crippen LogP contribution >= 0.6 is 0 Å². The monoisotopic (exact) mass is 559 g/mol. The fourth-order valence-electron chi connectivity index (χ4n) is 5.42. The van der Waals surface area contributed by atoms with Crippen LogP contribution in [0.1, 0.15) is 33.2 Å². The van der Waals surface area contributed by atoms with E-state index in [1.165, 1.54) is 6.33 Å². The number of carbonyl (C=O) groups excluding carboxylic acids is 1. The minimum Gasteiger partial charge on any atom is -0.457 e. The quantitative estimate of drug-likeness (QED) is 0.361. The van der Waals surface area contributed by atoms with Gasteiger partial charge in [0.05, 0.1) is 11.4 Å². The molecule has 2 aliphatic rings. The maximum atomic E-state index is 15.8. The third kappa shape index (κ3) is 5.54. The topological polar surface area (TPSA) is 112 Å². The zero-order chi connectivity index (χ0) is 28.7. The van der Waals surface area contributed by atoms with Gasteiger partial charge in [0.25, 0.3) is 0 Å². The van der Waals surface area contributed by atoms with Gasteiger partial charge >= 0.3 is 6.09 Å². The van der Waals surface area contributed by atoms with Gasteiger partial charge < -0.3 is 20.1 Å². The molecule has 2 atom stereocenters. The summed E-state index contributed by atoms with van der Waals surface area (Å²) in [6.45, 7) is 7.54. The van der Waals surface area contributed by atoms with Crippen molar-refractivity contribution in [3.8, 4) is 22.8 Å². The molecule has 0 unspecified atom stereocenters. The molecule has 0 radical (unpaired) electrons. The van der Waals surface area contributed by atoms with E-state index in [-0.39, 0.29) is 18.7 Å². The highest BCUT2D eigenvalue weighted by Crippen LogP contribution is 2.36. The van der Waals surface area contributed by atoms with Crippen LogP contribution in [0.2, 0.25) is 0 Å². The molecule has 2 aliphatic heterocycles. The number of piperidine rings is 1. The number of carbonyl (C=O) groups is 1. The molecule has 41 heavy (non-hydrogen) atoms. The molecule has 0 saturated carbocycles. The second-order valence-electron chi connectivity index (χ2n) is 11.6. The molecule has 0 bridgehead atoms. The molecule has 6 rings (SSSR count). The van der Waals surface area contributed by atoms with Crippen molar-refractivity contribution < 1.29 is 18.7 Å². The van der Waals surface area contributed by atoms with Crippen LogP contribution in [-0.4, -0.2) is 79.6 Å². The average Bonchev–Trinajstić information content (AvgIpc) is 3.29. The number of nitrogen functional groups attached to an aromatic ring is 1. The smallest absolute Gasteiger partial charge is 0.410 e. The molecule has 0 aliphatic carbocycles. The minimum absolute atomic E-state index is 0.112. The maximum Gasteiger partial charge on any atom is 0.410 e. The summed E-state index contributed by atoms with van der Waals surface area (Å²) in [6, 6.07) is 16.7. The lowest BCUT2D eigenvalue weighted by molar-refractivity contribution is -0.0322. The van der Waals surface area contributed by atoms with E-state index >= 15 is 4.39 Å². The van der Waals surface area contributed by atoms with Crippen molar-refractivity contribution in [2.45, 2.75) is 51.0 Å². The number of fused-ring (bicyclic) bond motifs is 1. The molecule has 0 spiro atoms. The molecular weight excluding hydrogens is 525 g/mol. The second-order valence-corrected chi connectivity index (χ2v) is 11.6. The Bertz CT molecular complexity index is 1530. The first kappa shape index (κ1) is 26.9. The van der Waals surface area contributed by atoms with Crippen LogP contribution < -0.4 is 10.5 Å². The van der Waals surface area contributed by atoms with E-state index in [1.807, 2.05) is 75.4 Å². The van der Waals surface area contributed by atoms with Gasteiger partial charge in [0.15, 0.2) is 5.65 Å². The van der Waals surface area contributed by atoms with Gasteiger partial charge in [-0.05, 0) is 63.6 Å². The minimum atomic E-state index is -1.17. The van der Waals surface area contributed by atoms with Gasteiger partial charge in [0, 0.05) is 37.8 Å². The number of hydrogen-bond acceptors (Lipinski definition) is 8. The number of para-hydroxylation sites is 1. The van der Waals surface area contributed by atoms with E-state index < -0.39 is 17.8 Å². The van der Waals surface area contributed by atoms with Gasteiger partial charge in [-0.15, -0.1) is 0 Å². The van der Waals surface area contributed by atoms with Gasteiger partial charge in [-0.2, -0.15) is 5.10 Å².